The number of rotatable bonds is 8. The zero-order chi connectivity index (χ0) is 11.0. The van der Waals surface area contributed by atoms with Crippen molar-refractivity contribution in [2.24, 2.45) is 0 Å². The number of hydrogen-bond donors (Lipinski definition) is 3. The van der Waals surface area contributed by atoms with Crippen LogP contribution in [0.2, 0.25) is 0 Å². The van der Waals surface area contributed by atoms with Crippen molar-refractivity contribution in [3.05, 3.63) is 0 Å². The predicted molar refractivity (Wildman–Crippen MR) is 59.9 cm³/mol. The van der Waals surface area contributed by atoms with Crippen molar-refractivity contribution in [1.29, 1.82) is 0 Å². The lowest BCUT2D eigenvalue weighted by Crippen LogP contribution is -2.35. The minimum Gasteiger partial charge on any atom is -0.316 e. The van der Waals surface area contributed by atoms with Crippen LogP contribution in [0.15, 0.2) is 0 Å². The fourth-order valence-corrected chi connectivity index (χ4v) is 2.88. The Morgan fingerprint density at radius 1 is 1.57 bits per heavy atom. The van der Waals surface area contributed by atoms with Crippen LogP contribution in [-0.4, -0.2) is 24.7 Å². The second kappa shape index (κ2) is 7.68. The Balaban J connectivity index is 3.79. The van der Waals surface area contributed by atoms with Gasteiger partial charge >= 0.3 is 6.80 Å². The van der Waals surface area contributed by atoms with Gasteiger partial charge in [-0.1, -0.05) is 13.8 Å². The smallest absolute Gasteiger partial charge is 0.316 e. The van der Waals surface area contributed by atoms with Crippen LogP contribution in [0.1, 0.15) is 26.7 Å². The summed E-state index contributed by atoms with van der Waals surface area (Å²) in [6.45, 7) is 0.646. The normalized spacial score (nSPS) is 17.7. The summed E-state index contributed by atoms with van der Waals surface area (Å²) < 4.78 is 19.0. The summed E-state index contributed by atoms with van der Waals surface area (Å²) in [6, 6.07) is 0. The van der Waals surface area contributed by atoms with E-state index in [0.29, 0.717) is 6.61 Å². The van der Waals surface area contributed by atoms with Crippen LogP contribution < -0.4 is 10.0 Å². The van der Waals surface area contributed by atoms with Crippen molar-refractivity contribution in [2.75, 3.05) is 13.7 Å². The van der Waals surface area contributed by atoms with Gasteiger partial charge in [0.15, 0.2) is 0 Å². The Bertz CT molecular complexity index is 190. The van der Waals surface area contributed by atoms with Crippen LogP contribution >= 0.6 is 18.4 Å². The van der Waals surface area contributed by atoms with Gasteiger partial charge < -0.3 is 14.7 Å². The molecule has 0 radical (unpaired) electrons. The van der Waals surface area contributed by atoms with Gasteiger partial charge in [0, 0.05) is 11.6 Å². The van der Waals surface area contributed by atoms with Gasteiger partial charge in [0.05, 0.1) is 12.8 Å². The number of nitrogens with one attached hydrogen (secondary N) is 2. The summed E-state index contributed by atoms with van der Waals surface area (Å²) in [5.74, 6) is 0. The van der Waals surface area contributed by atoms with E-state index >= 15 is 0 Å². The minimum absolute atomic E-state index is 0.0192. The van der Waals surface area contributed by atoms with Crippen LogP contribution in [0, 0.1) is 0 Å². The average molecular weight is 242 g/mol. The van der Waals surface area contributed by atoms with E-state index in [1.165, 1.54) is 0 Å². The van der Waals surface area contributed by atoms with Gasteiger partial charge in [0.1, 0.15) is 0 Å². The maximum atomic E-state index is 11.3. The quantitative estimate of drug-likeness (QED) is 0.342. The summed E-state index contributed by atoms with van der Waals surface area (Å²) in [4.78, 5) is 9.29. The Labute approximate surface area is 89.4 Å². The van der Waals surface area contributed by atoms with Gasteiger partial charge in [-0.25, -0.2) is 9.29 Å². The molecule has 0 aliphatic rings. The lowest BCUT2D eigenvalue weighted by molar-refractivity contribution is 0.275. The minimum atomic E-state index is -3.52. The molecule has 0 bridgehead atoms. The first kappa shape index (κ1) is 14.4. The van der Waals surface area contributed by atoms with E-state index in [4.69, 9.17) is 4.52 Å². The van der Waals surface area contributed by atoms with E-state index in [-0.39, 0.29) is 6.17 Å². The molecule has 14 heavy (non-hydrogen) atoms. The highest BCUT2D eigenvalue weighted by Crippen LogP contribution is 2.53. The molecule has 0 fully saturated rings. The molecule has 0 spiro atoms. The molecule has 7 heteroatoms. The van der Waals surface area contributed by atoms with E-state index in [0.717, 1.165) is 24.4 Å². The molecule has 0 aromatic rings. The van der Waals surface area contributed by atoms with E-state index in [9.17, 15) is 9.46 Å². The topological polar surface area (TPSA) is 70.6 Å². The average Bonchev–Trinajstić information content (AvgIpc) is 2.16. The summed E-state index contributed by atoms with van der Waals surface area (Å²) in [6.07, 6.45) is 1.58. The van der Waals surface area contributed by atoms with Crippen molar-refractivity contribution in [1.82, 2.24) is 10.0 Å². The molecular formula is C7H19N2O3PS. The van der Waals surface area contributed by atoms with Gasteiger partial charge in [0.2, 0.25) is 0 Å². The van der Waals surface area contributed by atoms with Gasteiger partial charge in [-0.2, -0.15) is 0 Å². The second-order valence-corrected chi connectivity index (χ2v) is 6.31. The highest BCUT2D eigenvalue weighted by molar-refractivity contribution is 8.53. The first-order chi connectivity index (χ1) is 6.55. The zero-order valence-corrected chi connectivity index (χ0v) is 10.5. The van der Waals surface area contributed by atoms with Gasteiger partial charge in [-0.3, -0.25) is 0 Å². The Morgan fingerprint density at radius 2 is 2.21 bits per heavy atom. The predicted octanol–water partition coefficient (Wildman–Crippen LogP) is 1.71. The van der Waals surface area contributed by atoms with Crippen LogP contribution in [0.4, 0.5) is 0 Å². The zero-order valence-electron chi connectivity index (χ0n) is 8.82. The van der Waals surface area contributed by atoms with Gasteiger partial charge in [-0.15, -0.1) is 0 Å². The summed E-state index contributed by atoms with van der Waals surface area (Å²) in [7, 11) is 1.79. The molecule has 5 nitrogen and oxygen atoms in total. The van der Waals surface area contributed by atoms with E-state index in [1.807, 2.05) is 13.8 Å². The van der Waals surface area contributed by atoms with Crippen LogP contribution in [-0.2, 0) is 9.09 Å². The molecular weight excluding hydrogens is 223 g/mol. The molecule has 0 rings (SSSR count). The molecule has 2 atom stereocenters. The lowest BCUT2D eigenvalue weighted by Gasteiger charge is -2.17. The van der Waals surface area contributed by atoms with Crippen molar-refractivity contribution in [2.45, 2.75) is 32.9 Å². The third-order valence-corrected chi connectivity index (χ3v) is 3.98. The maximum absolute atomic E-state index is 11.3. The molecule has 0 saturated heterocycles. The first-order valence-electron chi connectivity index (χ1n) is 4.64. The molecule has 0 aliphatic heterocycles. The molecule has 0 amide bonds. The van der Waals surface area contributed by atoms with Crippen molar-refractivity contribution in [3.63, 3.8) is 0 Å². The third kappa shape index (κ3) is 6.81. The molecule has 86 valence electrons. The molecule has 2 unspecified atom stereocenters. The summed E-state index contributed by atoms with van der Waals surface area (Å²) in [5.41, 5.74) is 0. The van der Waals surface area contributed by atoms with E-state index in [2.05, 4.69) is 10.0 Å². The lowest BCUT2D eigenvalue weighted by atomic mass is 10.4. The molecule has 0 aromatic carbocycles. The summed E-state index contributed by atoms with van der Waals surface area (Å²) >= 11 is 0.752. The highest BCUT2D eigenvalue weighted by atomic mass is 32.7. The van der Waals surface area contributed by atoms with Crippen LogP contribution in [0.5, 0.6) is 0 Å². The third-order valence-electron chi connectivity index (χ3n) is 1.53. The second-order valence-electron chi connectivity index (χ2n) is 2.76. The van der Waals surface area contributed by atoms with E-state index < -0.39 is 6.80 Å². The standard InChI is InChI=1S/C7H19N2O3PS/c1-4-6-12-13(10,11)14-9-7(5-2)8-3/h7-9H,4-6H2,1-3H3,(H,10,11). The van der Waals surface area contributed by atoms with Crippen molar-refractivity contribution < 1.29 is 14.0 Å². The molecule has 0 aliphatic carbocycles. The first-order valence-corrected chi connectivity index (χ1v) is 7.64. The van der Waals surface area contributed by atoms with Gasteiger partial charge in [-0.05, 0) is 19.9 Å². The van der Waals surface area contributed by atoms with Gasteiger partial charge in [0.25, 0.3) is 0 Å². The maximum Gasteiger partial charge on any atom is 0.401 e. The van der Waals surface area contributed by atoms with Crippen molar-refractivity contribution in [3.8, 4) is 0 Å². The summed E-state index contributed by atoms with van der Waals surface area (Å²) in [5, 5.41) is 2.96. The Morgan fingerprint density at radius 3 is 2.64 bits per heavy atom. The van der Waals surface area contributed by atoms with Crippen LogP contribution in [0.25, 0.3) is 0 Å². The molecule has 0 heterocycles. The fourth-order valence-electron chi connectivity index (χ4n) is 0.710. The Kier molecular flexibility index (Phi) is 7.91. The largest absolute Gasteiger partial charge is 0.401 e. The number of hydrogen-bond acceptors (Lipinski definition) is 5. The van der Waals surface area contributed by atoms with Crippen LogP contribution in [0.3, 0.4) is 0 Å². The fraction of sp³-hybridized carbons (Fsp3) is 1.00. The van der Waals surface area contributed by atoms with Crippen molar-refractivity contribution >= 4 is 18.4 Å². The highest BCUT2D eigenvalue weighted by Gasteiger charge is 2.21. The molecule has 3 N–H and O–H groups in total. The molecule has 0 saturated carbocycles. The molecule has 0 aromatic heterocycles. The Hall–Kier alpha value is 0.420. The monoisotopic (exact) mass is 242 g/mol. The van der Waals surface area contributed by atoms with E-state index in [1.54, 1.807) is 7.05 Å². The SMILES string of the molecule is CCCOP(=O)(O)SNC(CC)NC.